The van der Waals surface area contributed by atoms with Crippen molar-refractivity contribution in [2.24, 2.45) is 0 Å². The summed E-state index contributed by atoms with van der Waals surface area (Å²) < 4.78 is 11.3. The van der Waals surface area contributed by atoms with E-state index in [9.17, 15) is 9.90 Å². The van der Waals surface area contributed by atoms with Crippen LogP contribution in [0.2, 0.25) is 0 Å². The monoisotopic (exact) mass is 320 g/mol. The second-order valence-electron chi connectivity index (χ2n) is 6.09. The molecule has 23 heavy (non-hydrogen) atoms. The Hall–Kier alpha value is -1.63. The Balaban J connectivity index is 1.53. The van der Waals surface area contributed by atoms with Gasteiger partial charge in [-0.25, -0.2) is 0 Å². The lowest BCUT2D eigenvalue weighted by atomic mass is 9.95. The van der Waals surface area contributed by atoms with Gasteiger partial charge in [-0.2, -0.15) is 0 Å². The lowest BCUT2D eigenvalue weighted by Crippen LogP contribution is -2.45. The van der Waals surface area contributed by atoms with Crippen LogP contribution in [0.25, 0.3) is 0 Å². The van der Waals surface area contributed by atoms with Crippen LogP contribution in [0.15, 0.2) is 24.3 Å². The third-order valence-corrected chi connectivity index (χ3v) is 4.30. The van der Waals surface area contributed by atoms with E-state index in [2.05, 4.69) is 10.6 Å². The number of aliphatic hydroxyl groups excluding tert-OH is 1. The van der Waals surface area contributed by atoms with E-state index in [-0.39, 0.29) is 18.1 Å². The van der Waals surface area contributed by atoms with Gasteiger partial charge in [-0.1, -0.05) is 6.42 Å². The average molecular weight is 320 g/mol. The minimum atomic E-state index is -0.447. The van der Waals surface area contributed by atoms with Crippen LogP contribution in [-0.2, 0) is 9.53 Å². The van der Waals surface area contributed by atoms with E-state index in [4.69, 9.17) is 9.47 Å². The van der Waals surface area contributed by atoms with Crippen LogP contribution in [0.5, 0.6) is 5.75 Å². The van der Waals surface area contributed by atoms with Crippen LogP contribution >= 0.6 is 0 Å². The number of aliphatic hydroxyl groups is 1. The van der Waals surface area contributed by atoms with Crippen molar-refractivity contribution >= 4 is 11.6 Å². The zero-order valence-corrected chi connectivity index (χ0v) is 13.2. The van der Waals surface area contributed by atoms with Gasteiger partial charge in [0.05, 0.1) is 12.7 Å². The lowest BCUT2D eigenvalue weighted by molar-refractivity contribution is -0.128. The molecule has 3 N–H and O–H groups in total. The predicted molar refractivity (Wildman–Crippen MR) is 86.6 cm³/mol. The molecular formula is C17H24N2O4. The normalized spacial score (nSPS) is 28.1. The number of hydrogen-bond acceptors (Lipinski definition) is 5. The molecule has 0 radical (unpaired) electrons. The van der Waals surface area contributed by atoms with Crippen LogP contribution < -0.4 is 15.4 Å². The molecule has 1 aromatic rings. The Morgan fingerprint density at radius 1 is 1.26 bits per heavy atom. The zero-order chi connectivity index (χ0) is 16.1. The zero-order valence-electron chi connectivity index (χ0n) is 13.2. The number of ether oxygens (including phenoxy) is 2. The topological polar surface area (TPSA) is 79.8 Å². The van der Waals surface area contributed by atoms with Crippen LogP contribution in [0.4, 0.5) is 5.69 Å². The number of anilines is 1. The number of carbonyl (C=O) groups excluding carboxylic acids is 1. The smallest absolute Gasteiger partial charge is 0.254 e. The number of rotatable bonds is 4. The second kappa shape index (κ2) is 7.77. The van der Waals surface area contributed by atoms with Crippen molar-refractivity contribution in [3.8, 4) is 5.75 Å². The molecule has 0 bridgehead atoms. The Morgan fingerprint density at radius 3 is 2.74 bits per heavy atom. The highest BCUT2D eigenvalue weighted by atomic mass is 16.5. The molecule has 1 saturated carbocycles. The van der Waals surface area contributed by atoms with Crippen LogP contribution in [0, 0.1) is 0 Å². The highest BCUT2D eigenvalue weighted by molar-refractivity contribution is 5.94. The van der Waals surface area contributed by atoms with Gasteiger partial charge in [0.15, 0.2) is 0 Å². The Kier molecular flexibility index (Phi) is 5.48. The van der Waals surface area contributed by atoms with Crippen molar-refractivity contribution in [1.82, 2.24) is 5.32 Å². The fourth-order valence-corrected chi connectivity index (χ4v) is 2.96. The second-order valence-corrected chi connectivity index (χ2v) is 6.09. The maximum Gasteiger partial charge on any atom is 0.254 e. The Bertz CT molecular complexity index is 514. The van der Waals surface area contributed by atoms with Gasteiger partial charge in [0.25, 0.3) is 5.91 Å². The van der Waals surface area contributed by atoms with Crippen molar-refractivity contribution in [3.63, 3.8) is 0 Å². The summed E-state index contributed by atoms with van der Waals surface area (Å²) in [6.07, 6.45) is 2.86. The Morgan fingerprint density at radius 2 is 2.04 bits per heavy atom. The van der Waals surface area contributed by atoms with Crippen molar-refractivity contribution in [1.29, 1.82) is 0 Å². The summed E-state index contributed by atoms with van der Waals surface area (Å²) in [4.78, 5) is 12.1. The molecule has 1 aliphatic heterocycles. The van der Waals surface area contributed by atoms with Crippen LogP contribution in [-0.4, -0.2) is 49.0 Å². The number of nitrogens with one attached hydrogen (secondary N) is 2. The summed E-state index contributed by atoms with van der Waals surface area (Å²) in [5, 5.41) is 15.9. The molecule has 2 aliphatic rings. The van der Waals surface area contributed by atoms with E-state index in [1.54, 1.807) is 12.1 Å². The molecule has 1 aromatic carbocycles. The number of carbonyl (C=O) groups is 1. The van der Waals surface area contributed by atoms with Gasteiger partial charge in [-0.15, -0.1) is 0 Å². The molecule has 126 valence electrons. The van der Waals surface area contributed by atoms with Crippen molar-refractivity contribution in [2.75, 3.05) is 25.0 Å². The third-order valence-electron chi connectivity index (χ3n) is 4.30. The SMILES string of the molecule is O=C(Nc1ccc(OC2CCCCC2O)cc1)C1CNCCO1. The highest BCUT2D eigenvalue weighted by Gasteiger charge is 2.25. The van der Waals surface area contributed by atoms with E-state index >= 15 is 0 Å². The number of morpholine rings is 1. The summed E-state index contributed by atoms with van der Waals surface area (Å²) in [7, 11) is 0. The summed E-state index contributed by atoms with van der Waals surface area (Å²) in [6, 6.07) is 7.24. The third kappa shape index (κ3) is 4.43. The molecule has 1 heterocycles. The van der Waals surface area contributed by atoms with Crippen molar-refractivity contribution in [3.05, 3.63) is 24.3 Å². The first kappa shape index (κ1) is 16.2. The van der Waals surface area contributed by atoms with Crippen molar-refractivity contribution in [2.45, 2.75) is 44.0 Å². The first-order valence-corrected chi connectivity index (χ1v) is 8.30. The number of amides is 1. The van der Waals surface area contributed by atoms with Gasteiger partial charge in [0, 0.05) is 18.8 Å². The van der Waals surface area contributed by atoms with Gasteiger partial charge in [-0.3, -0.25) is 4.79 Å². The largest absolute Gasteiger partial charge is 0.488 e. The molecule has 1 amide bonds. The maximum atomic E-state index is 12.1. The lowest BCUT2D eigenvalue weighted by Gasteiger charge is -2.28. The molecule has 3 rings (SSSR count). The van der Waals surface area contributed by atoms with E-state index in [1.165, 1.54) is 0 Å². The van der Waals surface area contributed by atoms with Crippen molar-refractivity contribution < 1.29 is 19.4 Å². The first-order valence-electron chi connectivity index (χ1n) is 8.30. The highest BCUT2D eigenvalue weighted by Crippen LogP contribution is 2.25. The summed E-state index contributed by atoms with van der Waals surface area (Å²) in [6.45, 7) is 1.87. The van der Waals surface area contributed by atoms with Gasteiger partial charge in [0.2, 0.25) is 0 Å². The summed E-state index contributed by atoms with van der Waals surface area (Å²) in [5.74, 6) is 0.568. The fraction of sp³-hybridized carbons (Fsp3) is 0.588. The predicted octanol–water partition coefficient (Wildman–Crippen LogP) is 1.30. The fourth-order valence-electron chi connectivity index (χ4n) is 2.96. The molecule has 2 fully saturated rings. The Labute approximate surface area is 136 Å². The average Bonchev–Trinajstić information content (AvgIpc) is 2.59. The van der Waals surface area contributed by atoms with Crippen LogP contribution in [0.3, 0.4) is 0 Å². The van der Waals surface area contributed by atoms with Gasteiger partial charge in [-0.05, 0) is 43.5 Å². The molecule has 3 unspecified atom stereocenters. The van der Waals surface area contributed by atoms with Gasteiger partial charge < -0.3 is 25.2 Å². The molecule has 3 atom stereocenters. The summed E-state index contributed by atoms with van der Waals surface area (Å²) in [5.41, 5.74) is 0.709. The molecule has 1 aliphatic carbocycles. The standard InChI is InChI=1S/C17H24N2O4/c20-14-3-1-2-4-15(14)23-13-7-5-12(6-8-13)19-17(21)16-11-18-9-10-22-16/h5-8,14-16,18,20H,1-4,9-11H2,(H,19,21). The van der Waals surface area contributed by atoms with Gasteiger partial charge >= 0.3 is 0 Å². The van der Waals surface area contributed by atoms with E-state index in [0.717, 1.165) is 32.2 Å². The van der Waals surface area contributed by atoms with Gasteiger partial charge in [0.1, 0.15) is 18.0 Å². The van der Waals surface area contributed by atoms with Crippen LogP contribution in [0.1, 0.15) is 25.7 Å². The molecular weight excluding hydrogens is 296 g/mol. The minimum absolute atomic E-state index is 0.133. The number of benzene rings is 1. The molecule has 0 aromatic heterocycles. The minimum Gasteiger partial charge on any atom is -0.488 e. The first-order chi connectivity index (χ1) is 11.2. The molecule has 0 spiro atoms. The number of hydrogen-bond donors (Lipinski definition) is 3. The van der Waals surface area contributed by atoms with E-state index in [0.29, 0.717) is 24.6 Å². The molecule has 6 nitrogen and oxygen atoms in total. The molecule has 6 heteroatoms. The molecule has 1 saturated heterocycles. The maximum absolute atomic E-state index is 12.1. The quantitative estimate of drug-likeness (QED) is 0.779. The summed E-state index contributed by atoms with van der Waals surface area (Å²) >= 11 is 0. The van der Waals surface area contributed by atoms with E-state index in [1.807, 2.05) is 12.1 Å². The van der Waals surface area contributed by atoms with E-state index < -0.39 is 6.10 Å².